The third-order valence-corrected chi connectivity index (χ3v) is 3.98. The van der Waals surface area contributed by atoms with Crippen LogP contribution < -0.4 is 4.74 Å². The van der Waals surface area contributed by atoms with Crippen molar-refractivity contribution in [3.8, 4) is 5.75 Å². The van der Waals surface area contributed by atoms with Crippen LogP contribution in [0.2, 0.25) is 0 Å². The van der Waals surface area contributed by atoms with Crippen LogP contribution in [0, 0.1) is 0 Å². The Kier molecular flexibility index (Phi) is 5.44. The average molecular weight is 346 g/mol. The van der Waals surface area contributed by atoms with Gasteiger partial charge in [0.05, 0.1) is 12.7 Å². The second-order valence-corrected chi connectivity index (χ2v) is 5.63. The molecule has 3 aromatic carbocycles. The van der Waals surface area contributed by atoms with E-state index in [0.717, 1.165) is 5.56 Å². The highest BCUT2D eigenvalue weighted by Crippen LogP contribution is 2.20. The highest BCUT2D eigenvalue weighted by Gasteiger charge is 2.19. The minimum absolute atomic E-state index is 0.0662. The number of para-hydroxylation sites is 1. The molecule has 0 radical (unpaired) electrons. The lowest BCUT2D eigenvalue weighted by Gasteiger charge is -2.11. The lowest BCUT2D eigenvalue weighted by atomic mass is 9.98. The number of carbonyl (C=O) groups is 2. The van der Waals surface area contributed by atoms with E-state index in [4.69, 9.17) is 9.47 Å². The van der Waals surface area contributed by atoms with Gasteiger partial charge in [0.1, 0.15) is 12.4 Å². The van der Waals surface area contributed by atoms with Gasteiger partial charge in [0.15, 0.2) is 5.78 Å². The van der Waals surface area contributed by atoms with Gasteiger partial charge in [-0.1, -0.05) is 66.7 Å². The van der Waals surface area contributed by atoms with Crippen LogP contribution in [0.3, 0.4) is 0 Å². The minimum atomic E-state index is -0.546. The van der Waals surface area contributed by atoms with E-state index in [-0.39, 0.29) is 18.0 Å². The number of methoxy groups -OCH3 is 1. The van der Waals surface area contributed by atoms with Gasteiger partial charge in [0.2, 0.25) is 0 Å². The molecule has 4 nitrogen and oxygen atoms in total. The quantitative estimate of drug-likeness (QED) is 0.494. The van der Waals surface area contributed by atoms with E-state index in [1.54, 1.807) is 61.7 Å². The second kappa shape index (κ2) is 8.12. The molecule has 0 bridgehead atoms. The van der Waals surface area contributed by atoms with Gasteiger partial charge in [-0.15, -0.1) is 0 Å². The highest BCUT2D eigenvalue weighted by atomic mass is 16.5. The van der Waals surface area contributed by atoms with Crippen molar-refractivity contribution >= 4 is 11.8 Å². The maximum absolute atomic E-state index is 12.7. The molecule has 3 rings (SSSR count). The van der Waals surface area contributed by atoms with E-state index in [0.29, 0.717) is 16.9 Å². The summed E-state index contributed by atoms with van der Waals surface area (Å²) in [4.78, 5) is 25.3. The van der Waals surface area contributed by atoms with Crippen molar-refractivity contribution in [1.82, 2.24) is 0 Å². The highest BCUT2D eigenvalue weighted by molar-refractivity contribution is 6.14. The molecule has 0 fully saturated rings. The van der Waals surface area contributed by atoms with Gasteiger partial charge in [-0.2, -0.15) is 0 Å². The summed E-state index contributed by atoms with van der Waals surface area (Å²) in [6, 6.07) is 22.8. The summed E-state index contributed by atoms with van der Waals surface area (Å²) in [6.45, 7) is 0.0662. The van der Waals surface area contributed by atoms with Crippen molar-refractivity contribution in [2.45, 2.75) is 6.61 Å². The number of ether oxygens (including phenoxy) is 2. The standard InChI is InChI=1S/C22H18O4/c1-25-20-14-8-5-11-17(20)15-26-22(24)19-13-7-6-12-18(19)21(23)16-9-3-2-4-10-16/h2-14H,15H2,1H3. The normalized spacial score (nSPS) is 10.2. The van der Waals surface area contributed by atoms with Gasteiger partial charge in [-0.3, -0.25) is 4.79 Å². The monoisotopic (exact) mass is 346 g/mol. The largest absolute Gasteiger partial charge is 0.496 e. The number of rotatable bonds is 6. The maximum atomic E-state index is 12.7. The predicted molar refractivity (Wildman–Crippen MR) is 98.4 cm³/mol. The minimum Gasteiger partial charge on any atom is -0.496 e. The van der Waals surface area contributed by atoms with Gasteiger partial charge in [-0.05, 0) is 12.1 Å². The maximum Gasteiger partial charge on any atom is 0.339 e. The van der Waals surface area contributed by atoms with Gasteiger partial charge in [0, 0.05) is 16.7 Å². The first-order chi connectivity index (χ1) is 12.7. The van der Waals surface area contributed by atoms with Crippen molar-refractivity contribution in [3.63, 3.8) is 0 Å². The van der Waals surface area contributed by atoms with E-state index in [2.05, 4.69) is 0 Å². The van der Waals surface area contributed by atoms with Crippen LogP contribution in [0.4, 0.5) is 0 Å². The zero-order valence-corrected chi connectivity index (χ0v) is 14.3. The van der Waals surface area contributed by atoms with E-state index in [1.165, 1.54) is 0 Å². The van der Waals surface area contributed by atoms with Crippen LogP contribution in [-0.4, -0.2) is 18.9 Å². The molecular weight excluding hydrogens is 328 g/mol. The first-order valence-corrected chi connectivity index (χ1v) is 8.18. The topological polar surface area (TPSA) is 52.6 Å². The summed E-state index contributed by atoms with van der Waals surface area (Å²) in [5.74, 6) is -0.111. The van der Waals surface area contributed by atoms with Crippen LogP contribution in [0.15, 0.2) is 78.9 Å². The van der Waals surface area contributed by atoms with Crippen molar-refractivity contribution in [3.05, 3.63) is 101 Å². The zero-order valence-electron chi connectivity index (χ0n) is 14.3. The molecule has 0 aromatic heterocycles. The molecule has 0 aliphatic carbocycles. The number of benzene rings is 3. The van der Waals surface area contributed by atoms with Crippen LogP contribution in [0.1, 0.15) is 31.8 Å². The lowest BCUT2D eigenvalue weighted by Crippen LogP contribution is -2.13. The van der Waals surface area contributed by atoms with Gasteiger partial charge in [-0.25, -0.2) is 4.79 Å². The van der Waals surface area contributed by atoms with Crippen molar-refractivity contribution in [1.29, 1.82) is 0 Å². The number of hydrogen-bond donors (Lipinski definition) is 0. The van der Waals surface area contributed by atoms with E-state index >= 15 is 0 Å². The molecule has 0 spiro atoms. The fourth-order valence-corrected chi connectivity index (χ4v) is 2.65. The molecular formula is C22H18O4. The SMILES string of the molecule is COc1ccccc1COC(=O)c1ccccc1C(=O)c1ccccc1. The third-order valence-electron chi connectivity index (χ3n) is 3.98. The number of ketones is 1. The number of esters is 1. The van der Waals surface area contributed by atoms with Crippen LogP contribution in [0.5, 0.6) is 5.75 Å². The van der Waals surface area contributed by atoms with Crippen molar-refractivity contribution in [2.24, 2.45) is 0 Å². The predicted octanol–water partition coefficient (Wildman–Crippen LogP) is 4.28. The lowest BCUT2D eigenvalue weighted by molar-refractivity contribution is 0.0467. The molecule has 0 heterocycles. The van der Waals surface area contributed by atoms with Gasteiger partial charge in [0.25, 0.3) is 0 Å². The Bertz CT molecular complexity index is 916. The summed E-state index contributed by atoms with van der Waals surface area (Å²) in [7, 11) is 1.56. The molecule has 0 aliphatic heterocycles. The summed E-state index contributed by atoms with van der Waals surface area (Å²) < 4.78 is 10.7. The molecule has 0 saturated heterocycles. The number of hydrogen-bond acceptors (Lipinski definition) is 4. The van der Waals surface area contributed by atoms with Crippen molar-refractivity contribution < 1.29 is 19.1 Å². The average Bonchev–Trinajstić information content (AvgIpc) is 2.72. The molecule has 0 atom stereocenters. The Balaban J connectivity index is 1.81. The Morgan fingerprint density at radius 2 is 1.38 bits per heavy atom. The first kappa shape index (κ1) is 17.4. The Morgan fingerprint density at radius 1 is 0.769 bits per heavy atom. The fourth-order valence-electron chi connectivity index (χ4n) is 2.65. The first-order valence-electron chi connectivity index (χ1n) is 8.18. The number of carbonyl (C=O) groups excluding carboxylic acids is 2. The summed E-state index contributed by atoms with van der Waals surface area (Å²) in [6.07, 6.45) is 0. The van der Waals surface area contributed by atoms with Gasteiger partial charge < -0.3 is 9.47 Å². The van der Waals surface area contributed by atoms with E-state index in [1.807, 2.05) is 24.3 Å². The third kappa shape index (κ3) is 3.81. The van der Waals surface area contributed by atoms with Crippen molar-refractivity contribution in [2.75, 3.05) is 7.11 Å². The molecule has 0 N–H and O–H groups in total. The summed E-state index contributed by atoms with van der Waals surface area (Å²) >= 11 is 0. The summed E-state index contributed by atoms with van der Waals surface area (Å²) in [5.41, 5.74) is 1.85. The Morgan fingerprint density at radius 3 is 2.12 bits per heavy atom. The molecule has 0 saturated carbocycles. The summed E-state index contributed by atoms with van der Waals surface area (Å²) in [5, 5.41) is 0. The Hall–Kier alpha value is -3.40. The van der Waals surface area contributed by atoms with E-state index < -0.39 is 5.97 Å². The molecule has 0 aliphatic rings. The van der Waals surface area contributed by atoms with Gasteiger partial charge >= 0.3 is 5.97 Å². The second-order valence-electron chi connectivity index (χ2n) is 5.63. The molecule has 0 unspecified atom stereocenters. The smallest absolute Gasteiger partial charge is 0.339 e. The van der Waals surface area contributed by atoms with Crippen LogP contribution in [-0.2, 0) is 11.3 Å². The van der Waals surface area contributed by atoms with Crippen LogP contribution in [0.25, 0.3) is 0 Å². The Labute approximate surface area is 152 Å². The molecule has 26 heavy (non-hydrogen) atoms. The fraction of sp³-hybridized carbons (Fsp3) is 0.0909. The molecule has 3 aromatic rings. The molecule has 130 valence electrons. The molecule has 4 heteroatoms. The van der Waals surface area contributed by atoms with E-state index in [9.17, 15) is 9.59 Å². The zero-order chi connectivity index (χ0) is 18.4. The van der Waals surface area contributed by atoms with Crippen LogP contribution >= 0.6 is 0 Å². The molecule has 0 amide bonds.